The van der Waals surface area contributed by atoms with Gasteiger partial charge in [0, 0.05) is 47.8 Å². The van der Waals surface area contributed by atoms with Gasteiger partial charge in [-0.05, 0) is 31.5 Å². The van der Waals surface area contributed by atoms with Gasteiger partial charge in [-0.1, -0.05) is 37.3 Å². The second-order valence-electron chi connectivity index (χ2n) is 7.38. The molecule has 0 spiro atoms. The van der Waals surface area contributed by atoms with Crippen molar-refractivity contribution < 1.29 is 26.6 Å². The Balaban J connectivity index is 3.07. The van der Waals surface area contributed by atoms with Gasteiger partial charge >= 0.3 is 17.6 Å². The summed E-state index contributed by atoms with van der Waals surface area (Å²) in [6.07, 6.45) is 3.13. The number of rotatable bonds is 13. The maximum absolute atomic E-state index is 6.05. The van der Waals surface area contributed by atoms with Crippen molar-refractivity contribution in [2.45, 2.75) is 20.3 Å². The van der Waals surface area contributed by atoms with Crippen molar-refractivity contribution in [1.82, 2.24) is 0 Å². The van der Waals surface area contributed by atoms with Crippen molar-refractivity contribution >= 4 is 45.9 Å². The Bertz CT molecular complexity index is 829. The molecule has 6 nitrogen and oxygen atoms in total. The van der Waals surface area contributed by atoms with Gasteiger partial charge in [0.15, 0.2) is 0 Å². The maximum Gasteiger partial charge on any atom is 0.540 e. The first-order valence-electron chi connectivity index (χ1n) is 10.8. The van der Waals surface area contributed by atoms with E-state index in [0.717, 1.165) is 29.1 Å². The van der Waals surface area contributed by atoms with Crippen LogP contribution in [0, 0.1) is 0 Å². The Morgan fingerprint density at radius 3 is 1.62 bits per heavy atom. The monoisotopic (exact) mass is 497 g/mol. The van der Waals surface area contributed by atoms with E-state index in [-0.39, 0.29) is 0 Å². The average Bonchev–Trinajstić information content (AvgIpc) is 2.86. The fourth-order valence-corrected chi connectivity index (χ4v) is 14.7. The van der Waals surface area contributed by atoms with Crippen molar-refractivity contribution in [1.29, 1.82) is 0 Å². The first-order valence-corrected chi connectivity index (χ1v) is 16.4. The zero-order valence-electron chi connectivity index (χ0n) is 20.6. The Morgan fingerprint density at radius 2 is 1.19 bits per heavy atom. The lowest BCUT2D eigenvalue weighted by atomic mass is 10.3. The number of hydrogen-bond acceptors (Lipinski definition) is 6. The van der Waals surface area contributed by atoms with Gasteiger partial charge in [-0.3, -0.25) is 0 Å². The Labute approximate surface area is 196 Å². The van der Waals surface area contributed by atoms with Crippen LogP contribution in [0.25, 0.3) is 0 Å². The third-order valence-corrected chi connectivity index (χ3v) is 16.9. The van der Waals surface area contributed by atoms with Crippen LogP contribution in [0.5, 0.6) is 0 Å². The van der Waals surface area contributed by atoms with Crippen LogP contribution >= 0.6 is 7.26 Å². The van der Waals surface area contributed by atoms with E-state index in [1.54, 1.807) is 42.7 Å². The molecule has 178 valence electrons. The molecule has 1 unspecified atom stereocenters. The van der Waals surface area contributed by atoms with Gasteiger partial charge in [-0.15, -0.1) is 0 Å². The summed E-state index contributed by atoms with van der Waals surface area (Å²) in [5.74, 6) is 0. The van der Waals surface area contributed by atoms with Gasteiger partial charge in [-0.2, -0.15) is 0 Å². The Hall–Kier alpha value is -0.936. The lowest BCUT2D eigenvalue weighted by molar-refractivity contribution is 0.135. The summed E-state index contributed by atoms with van der Waals surface area (Å²) in [6, 6.07) is 17.1. The van der Waals surface area contributed by atoms with Gasteiger partial charge < -0.3 is 26.6 Å². The first-order chi connectivity index (χ1) is 15.4. The van der Waals surface area contributed by atoms with Crippen LogP contribution in [0.15, 0.2) is 48.5 Å². The molecule has 0 saturated heterocycles. The molecule has 0 aromatic heterocycles. The van der Waals surface area contributed by atoms with Crippen molar-refractivity contribution in [2.75, 3.05) is 55.0 Å². The van der Waals surface area contributed by atoms with Gasteiger partial charge in [0.25, 0.3) is 0 Å². The van der Waals surface area contributed by atoms with Crippen molar-refractivity contribution in [2.24, 2.45) is 0 Å². The highest BCUT2D eigenvalue weighted by Gasteiger charge is 2.57. The van der Waals surface area contributed by atoms with Crippen molar-refractivity contribution in [3.05, 3.63) is 48.5 Å². The SMILES string of the molecule is CCC[P+](CC)(c1ccccc1)c1cccc([Si](OC)(OC)OC)c1[Si](OC)(OC)OC. The zero-order chi connectivity index (χ0) is 23.8. The molecule has 2 rings (SSSR count). The second-order valence-corrected chi connectivity index (χ2v) is 17.1. The molecule has 0 aliphatic carbocycles. The molecule has 0 radical (unpaired) electrons. The van der Waals surface area contributed by atoms with Crippen LogP contribution in [0.4, 0.5) is 0 Å². The topological polar surface area (TPSA) is 55.4 Å². The van der Waals surface area contributed by atoms with Gasteiger partial charge in [-0.25, -0.2) is 0 Å². The summed E-state index contributed by atoms with van der Waals surface area (Å²) in [5.41, 5.74) is 0. The van der Waals surface area contributed by atoms with Crippen LogP contribution in [0.1, 0.15) is 20.3 Å². The van der Waals surface area contributed by atoms with E-state index in [1.807, 2.05) is 6.07 Å². The smallest absolute Gasteiger partial charge is 0.373 e. The first kappa shape index (κ1) is 27.3. The molecule has 0 fully saturated rings. The summed E-state index contributed by atoms with van der Waals surface area (Å²) in [4.78, 5) is 0. The molecule has 1 atom stereocenters. The van der Waals surface area contributed by atoms with Crippen molar-refractivity contribution in [3.63, 3.8) is 0 Å². The van der Waals surface area contributed by atoms with Crippen LogP contribution in [0.2, 0.25) is 0 Å². The fourth-order valence-electron chi connectivity index (χ4n) is 4.60. The standard InChI is InChI=1S/C23H38O6PSi2/c1-9-19-30(10-2,20-15-12-11-13-16-20)21-17-14-18-22(31(24-3,25-4)26-5)23(21)32(27-6,28-7)29-8/h11-18H,9-10,19H2,1-8H3/q+1. The average molecular weight is 498 g/mol. The minimum Gasteiger partial charge on any atom is -0.373 e. The summed E-state index contributed by atoms with van der Waals surface area (Å²) in [7, 11) is 1.42. The molecule has 0 bridgehead atoms. The fraction of sp³-hybridized carbons (Fsp3) is 0.478. The lowest BCUT2D eigenvalue weighted by Gasteiger charge is -2.36. The number of benzene rings is 2. The normalized spacial score (nSPS) is 14.4. The third kappa shape index (κ3) is 4.66. The second kappa shape index (κ2) is 12.0. The van der Waals surface area contributed by atoms with Crippen LogP contribution < -0.4 is 21.0 Å². The van der Waals surface area contributed by atoms with Gasteiger partial charge in [0.05, 0.1) is 30.1 Å². The van der Waals surface area contributed by atoms with E-state index in [9.17, 15) is 0 Å². The molecule has 0 N–H and O–H groups in total. The highest BCUT2D eigenvalue weighted by Crippen LogP contribution is 2.56. The van der Waals surface area contributed by atoms with Gasteiger partial charge in [0.2, 0.25) is 0 Å². The third-order valence-electron chi connectivity index (χ3n) is 6.15. The summed E-state index contributed by atoms with van der Waals surface area (Å²) in [6.45, 7) is 4.51. The minimum atomic E-state index is -3.31. The van der Waals surface area contributed by atoms with Gasteiger partial charge in [0.1, 0.15) is 5.30 Å². The molecule has 0 aliphatic rings. The van der Waals surface area contributed by atoms with E-state index in [2.05, 4.69) is 56.3 Å². The maximum atomic E-state index is 6.05. The molecule has 32 heavy (non-hydrogen) atoms. The highest BCUT2D eigenvalue weighted by atomic mass is 31.2. The zero-order valence-corrected chi connectivity index (χ0v) is 23.5. The van der Waals surface area contributed by atoms with Crippen LogP contribution in [-0.2, 0) is 26.6 Å². The Kier molecular flexibility index (Phi) is 10.2. The molecule has 0 heterocycles. The molecule has 0 saturated carbocycles. The quantitative estimate of drug-likeness (QED) is 0.313. The Morgan fingerprint density at radius 1 is 0.656 bits per heavy atom. The highest BCUT2D eigenvalue weighted by molar-refractivity contribution is 7.90. The van der Waals surface area contributed by atoms with E-state index in [0.29, 0.717) is 0 Å². The largest absolute Gasteiger partial charge is 0.540 e. The van der Waals surface area contributed by atoms with E-state index < -0.39 is 24.9 Å². The van der Waals surface area contributed by atoms with Crippen LogP contribution in [-0.4, -0.2) is 72.6 Å². The molecule has 9 heteroatoms. The van der Waals surface area contributed by atoms with E-state index in [4.69, 9.17) is 26.6 Å². The van der Waals surface area contributed by atoms with E-state index >= 15 is 0 Å². The molecule has 2 aromatic rings. The van der Waals surface area contributed by atoms with Crippen molar-refractivity contribution in [3.8, 4) is 0 Å². The molecule has 2 aromatic carbocycles. The predicted molar refractivity (Wildman–Crippen MR) is 138 cm³/mol. The predicted octanol–water partition coefficient (Wildman–Crippen LogP) is 2.26. The molecule has 0 amide bonds. The summed E-state index contributed by atoms with van der Waals surface area (Å²) >= 11 is 0. The minimum absolute atomic E-state index is 0.838. The summed E-state index contributed by atoms with van der Waals surface area (Å²) in [5, 5.41) is 4.32. The summed E-state index contributed by atoms with van der Waals surface area (Å²) < 4.78 is 35.9. The van der Waals surface area contributed by atoms with E-state index in [1.165, 1.54) is 10.6 Å². The molecule has 0 aliphatic heterocycles. The molecular formula is C23H38O6PSi2+. The lowest BCUT2D eigenvalue weighted by Crippen LogP contribution is -2.72. The number of hydrogen-bond donors (Lipinski definition) is 0. The molecular weight excluding hydrogens is 459 g/mol. The van der Waals surface area contributed by atoms with Crippen LogP contribution in [0.3, 0.4) is 0 Å².